The van der Waals surface area contributed by atoms with Crippen LogP contribution in [0.1, 0.15) is 28.3 Å². The predicted octanol–water partition coefficient (Wildman–Crippen LogP) is 4.41. The first-order valence-electron chi connectivity index (χ1n) is 11.8. The van der Waals surface area contributed by atoms with Gasteiger partial charge in [-0.1, -0.05) is 36.4 Å². The first-order chi connectivity index (χ1) is 17.1. The minimum Gasteiger partial charge on any atom is -0.469 e. The molecule has 7 nitrogen and oxygen atoms in total. The number of hydrogen-bond acceptors (Lipinski definition) is 6. The molecule has 0 saturated carbocycles. The normalized spacial score (nSPS) is 15.4. The Morgan fingerprint density at radius 3 is 2.77 bits per heavy atom. The van der Waals surface area contributed by atoms with E-state index in [0.717, 1.165) is 35.3 Å². The van der Waals surface area contributed by atoms with E-state index in [0.29, 0.717) is 18.0 Å². The smallest absolute Gasteiger partial charge is 0.237 e. The molecule has 7 heteroatoms. The lowest BCUT2D eigenvalue weighted by Crippen LogP contribution is -2.43. The van der Waals surface area contributed by atoms with Gasteiger partial charge in [-0.25, -0.2) is 4.98 Å². The van der Waals surface area contributed by atoms with Gasteiger partial charge in [0.05, 0.1) is 36.1 Å². The third kappa shape index (κ3) is 5.03. The maximum atomic E-state index is 9.12. The third-order valence-corrected chi connectivity index (χ3v) is 6.41. The Kier molecular flexibility index (Phi) is 6.47. The Morgan fingerprint density at radius 1 is 1.17 bits per heavy atom. The van der Waals surface area contributed by atoms with Gasteiger partial charge < -0.3 is 15.4 Å². The predicted molar refractivity (Wildman–Crippen MR) is 136 cm³/mol. The lowest BCUT2D eigenvalue weighted by atomic mass is 9.99. The van der Waals surface area contributed by atoms with Crippen molar-refractivity contribution < 1.29 is 4.74 Å². The lowest BCUT2D eigenvalue weighted by Gasteiger charge is -2.33. The van der Waals surface area contributed by atoms with E-state index < -0.39 is 0 Å². The molecular weight excluding hydrogens is 436 g/mol. The van der Waals surface area contributed by atoms with Gasteiger partial charge in [0.1, 0.15) is 6.10 Å². The van der Waals surface area contributed by atoms with Gasteiger partial charge in [-0.05, 0) is 54.8 Å². The molecule has 4 aromatic rings. The van der Waals surface area contributed by atoms with E-state index in [9.17, 15) is 0 Å². The van der Waals surface area contributed by atoms with Crippen LogP contribution in [0.2, 0.25) is 0 Å². The third-order valence-electron chi connectivity index (χ3n) is 6.41. The monoisotopic (exact) mass is 464 g/mol. The van der Waals surface area contributed by atoms with Crippen molar-refractivity contribution >= 4 is 5.69 Å². The number of ether oxygens (including phenoxy) is 1. The summed E-state index contributed by atoms with van der Waals surface area (Å²) in [6, 6.07) is 20.5. The number of nitrogens with zero attached hydrogens (tertiary/aromatic N) is 4. The number of nitriles is 1. The Balaban J connectivity index is 1.31. The highest BCUT2D eigenvalue weighted by Gasteiger charge is 2.29. The lowest BCUT2D eigenvalue weighted by molar-refractivity contribution is 0.150. The van der Waals surface area contributed by atoms with Crippen LogP contribution in [-0.4, -0.2) is 34.0 Å². The first kappa shape index (κ1) is 22.6. The van der Waals surface area contributed by atoms with Crippen molar-refractivity contribution in [2.45, 2.75) is 25.5 Å². The van der Waals surface area contributed by atoms with Gasteiger partial charge >= 0.3 is 0 Å². The van der Waals surface area contributed by atoms with E-state index in [4.69, 9.17) is 10.00 Å². The van der Waals surface area contributed by atoms with Crippen LogP contribution in [0.5, 0.6) is 5.88 Å². The highest BCUT2D eigenvalue weighted by Crippen LogP contribution is 2.34. The molecule has 176 valence electrons. The molecule has 0 radical (unpaired) electrons. The summed E-state index contributed by atoms with van der Waals surface area (Å²) < 4.78 is 8.19. The van der Waals surface area contributed by atoms with Crippen LogP contribution >= 0.6 is 0 Å². The van der Waals surface area contributed by atoms with Gasteiger partial charge in [-0.3, -0.25) is 4.68 Å². The molecule has 1 aliphatic heterocycles. The van der Waals surface area contributed by atoms with Crippen molar-refractivity contribution in [1.82, 2.24) is 20.1 Å². The van der Waals surface area contributed by atoms with Gasteiger partial charge in [0.15, 0.2) is 0 Å². The zero-order chi connectivity index (χ0) is 24.2. The number of fused-ring (bicyclic) bond motifs is 1. The molecule has 0 aliphatic carbocycles. The molecule has 5 rings (SSSR count). The average Bonchev–Trinajstić information content (AvgIpc) is 3.33. The second-order valence-electron chi connectivity index (χ2n) is 8.86. The maximum Gasteiger partial charge on any atom is 0.237 e. The standard InChI is InChI=1S/C28H28N6O/c1-19-12-20(14-29)8-9-21(19)10-11-30-27(22-6-4-3-5-7-22)26-17-31-25-13-23(15-32-28(25)35-26)24-16-33-34(2)18-24/h3-9,12-13,15-16,18,26-27,30-31H,10-11,17H2,1-2H3/t26-,27+/m0/s1. The van der Waals surface area contributed by atoms with Crippen LogP contribution in [0.4, 0.5) is 5.69 Å². The van der Waals surface area contributed by atoms with Crippen LogP contribution in [-0.2, 0) is 13.5 Å². The molecule has 2 atom stereocenters. The fourth-order valence-electron chi connectivity index (χ4n) is 4.52. The van der Waals surface area contributed by atoms with Crippen molar-refractivity contribution in [3.05, 3.63) is 95.4 Å². The Labute approximate surface area is 205 Å². The van der Waals surface area contributed by atoms with Gasteiger partial charge in [0, 0.05) is 30.6 Å². The summed E-state index contributed by atoms with van der Waals surface area (Å²) >= 11 is 0. The minimum absolute atomic E-state index is 0.00432. The summed E-state index contributed by atoms with van der Waals surface area (Å²) in [4.78, 5) is 4.61. The second kappa shape index (κ2) is 10.00. The van der Waals surface area contributed by atoms with Crippen molar-refractivity contribution in [2.75, 3.05) is 18.4 Å². The van der Waals surface area contributed by atoms with E-state index in [1.807, 2.05) is 49.9 Å². The SMILES string of the molecule is Cc1cc(C#N)ccc1CCN[C@H](c1ccccc1)[C@@H]1CNc2cc(-c3cnn(C)c3)cnc2O1. The summed E-state index contributed by atoms with van der Waals surface area (Å²) in [6.45, 7) is 3.50. The van der Waals surface area contributed by atoms with Crippen molar-refractivity contribution in [1.29, 1.82) is 5.26 Å². The van der Waals surface area contributed by atoms with Gasteiger partial charge in [0.2, 0.25) is 5.88 Å². The number of aromatic nitrogens is 3. The molecule has 2 N–H and O–H groups in total. The molecule has 0 spiro atoms. The Hall–Kier alpha value is -4.15. The van der Waals surface area contributed by atoms with E-state index >= 15 is 0 Å². The molecule has 2 aromatic carbocycles. The van der Waals surface area contributed by atoms with E-state index in [-0.39, 0.29) is 12.1 Å². The number of nitrogens with one attached hydrogen (secondary N) is 2. The molecule has 1 aliphatic rings. The van der Waals surface area contributed by atoms with Crippen molar-refractivity contribution in [3.63, 3.8) is 0 Å². The zero-order valence-corrected chi connectivity index (χ0v) is 19.9. The molecule has 35 heavy (non-hydrogen) atoms. The molecule has 0 fully saturated rings. The van der Waals surface area contributed by atoms with Crippen LogP contribution in [0.15, 0.2) is 73.2 Å². The first-order valence-corrected chi connectivity index (χ1v) is 11.8. The quantitative estimate of drug-likeness (QED) is 0.421. The summed E-state index contributed by atoms with van der Waals surface area (Å²) in [6.07, 6.45) is 6.38. The van der Waals surface area contributed by atoms with Gasteiger partial charge in [0.25, 0.3) is 0 Å². The van der Waals surface area contributed by atoms with Crippen molar-refractivity contribution in [2.24, 2.45) is 7.05 Å². The maximum absolute atomic E-state index is 9.12. The van der Waals surface area contributed by atoms with Crippen molar-refractivity contribution in [3.8, 4) is 23.1 Å². The number of aryl methyl sites for hydroxylation is 2. The summed E-state index contributed by atoms with van der Waals surface area (Å²) in [5, 5.41) is 20.6. The second-order valence-corrected chi connectivity index (χ2v) is 8.86. The van der Waals surface area contributed by atoms with E-state index in [2.05, 4.69) is 64.0 Å². The summed E-state index contributed by atoms with van der Waals surface area (Å²) in [7, 11) is 1.90. The summed E-state index contributed by atoms with van der Waals surface area (Å²) in [5.41, 5.74) is 7.16. The molecule has 3 heterocycles. The number of hydrogen-bond donors (Lipinski definition) is 2. The Morgan fingerprint density at radius 2 is 2.03 bits per heavy atom. The molecule has 0 unspecified atom stereocenters. The van der Waals surface area contributed by atoms with Crippen LogP contribution < -0.4 is 15.4 Å². The van der Waals surface area contributed by atoms with Gasteiger partial charge in [-0.2, -0.15) is 10.4 Å². The average molecular weight is 465 g/mol. The molecule has 0 amide bonds. The van der Waals surface area contributed by atoms with Crippen LogP contribution in [0.25, 0.3) is 11.1 Å². The fourth-order valence-corrected chi connectivity index (χ4v) is 4.52. The zero-order valence-electron chi connectivity index (χ0n) is 19.9. The minimum atomic E-state index is -0.122. The largest absolute Gasteiger partial charge is 0.469 e. The van der Waals surface area contributed by atoms with E-state index in [1.54, 1.807) is 4.68 Å². The number of anilines is 1. The van der Waals surface area contributed by atoms with Crippen LogP contribution in [0, 0.1) is 18.3 Å². The number of pyridine rings is 1. The van der Waals surface area contributed by atoms with E-state index in [1.165, 1.54) is 11.1 Å². The highest BCUT2D eigenvalue weighted by molar-refractivity contribution is 5.69. The fraction of sp³-hybridized carbons (Fsp3) is 0.250. The summed E-state index contributed by atoms with van der Waals surface area (Å²) in [5.74, 6) is 0.611. The number of benzene rings is 2. The van der Waals surface area contributed by atoms with Gasteiger partial charge in [-0.15, -0.1) is 0 Å². The molecule has 0 saturated heterocycles. The highest BCUT2D eigenvalue weighted by atomic mass is 16.5. The Bertz CT molecular complexity index is 1360. The topological polar surface area (TPSA) is 87.8 Å². The number of rotatable bonds is 7. The molecule has 0 bridgehead atoms. The van der Waals surface area contributed by atoms with Crippen LogP contribution in [0.3, 0.4) is 0 Å². The molecule has 2 aromatic heterocycles. The molecular formula is C28H28N6O.